The molecule has 1 unspecified atom stereocenters. The highest BCUT2D eigenvalue weighted by atomic mass is 16.6. The van der Waals surface area contributed by atoms with Crippen LogP contribution >= 0.6 is 0 Å². The zero-order valence-electron chi connectivity index (χ0n) is 11.7. The number of carbonyl (C=O) groups is 1. The Hall–Kier alpha value is -2.11. The second kappa shape index (κ2) is 5.90. The van der Waals surface area contributed by atoms with Crippen molar-refractivity contribution < 1.29 is 14.5 Å². The number of para-hydroxylation sites is 1. The molecule has 1 aromatic rings. The minimum atomic E-state index is -0.421. The summed E-state index contributed by atoms with van der Waals surface area (Å²) in [6, 6.07) is 4.76. The van der Waals surface area contributed by atoms with Gasteiger partial charge in [-0.1, -0.05) is 12.1 Å². The molecule has 0 spiro atoms. The number of nitro groups is 1. The highest BCUT2D eigenvalue weighted by molar-refractivity contribution is 5.83. The number of benzene rings is 1. The summed E-state index contributed by atoms with van der Waals surface area (Å²) < 4.78 is 5.06. The quantitative estimate of drug-likeness (QED) is 0.480. The summed E-state index contributed by atoms with van der Waals surface area (Å²) in [6.45, 7) is 4.41. The summed E-state index contributed by atoms with van der Waals surface area (Å²) in [6.07, 6.45) is 1.50. The summed E-state index contributed by atoms with van der Waals surface area (Å²) >= 11 is 0. The van der Waals surface area contributed by atoms with Gasteiger partial charge in [-0.2, -0.15) is 0 Å². The van der Waals surface area contributed by atoms with E-state index < -0.39 is 6.04 Å². The van der Waals surface area contributed by atoms with Crippen LogP contribution in [0.25, 0.3) is 0 Å². The lowest BCUT2D eigenvalue weighted by Crippen LogP contribution is -2.37. The Labute approximate surface area is 117 Å². The number of carbonyl (C=O) groups excluding carboxylic acids is 1. The van der Waals surface area contributed by atoms with Gasteiger partial charge in [0.1, 0.15) is 11.7 Å². The molecule has 0 amide bonds. The van der Waals surface area contributed by atoms with E-state index in [1.807, 2.05) is 0 Å². The van der Waals surface area contributed by atoms with Gasteiger partial charge in [0, 0.05) is 12.1 Å². The van der Waals surface area contributed by atoms with Gasteiger partial charge in [-0.15, -0.1) is 0 Å². The zero-order chi connectivity index (χ0) is 14.7. The number of hydrogen-bond acceptors (Lipinski definition) is 5. The first-order valence-corrected chi connectivity index (χ1v) is 6.73. The fraction of sp³-hybridized carbons (Fsp3) is 0.500. The molecule has 1 aromatic carbocycles. The lowest BCUT2D eigenvalue weighted by Gasteiger charge is -2.25. The topological polar surface area (TPSA) is 72.7 Å². The number of esters is 1. The van der Waals surface area contributed by atoms with Crippen LogP contribution < -0.4 is 4.90 Å². The van der Waals surface area contributed by atoms with E-state index >= 15 is 0 Å². The van der Waals surface area contributed by atoms with E-state index in [1.165, 1.54) is 0 Å². The second-order valence-corrected chi connectivity index (χ2v) is 4.80. The number of hydrogen-bond donors (Lipinski definition) is 0. The largest absolute Gasteiger partial charge is 0.464 e. The molecule has 1 heterocycles. The van der Waals surface area contributed by atoms with Crippen LogP contribution in [0.1, 0.15) is 25.3 Å². The summed E-state index contributed by atoms with van der Waals surface area (Å²) in [4.78, 5) is 24.6. The molecule has 6 heteroatoms. The maximum absolute atomic E-state index is 12.0. The van der Waals surface area contributed by atoms with Crippen LogP contribution in [0.5, 0.6) is 0 Å². The van der Waals surface area contributed by atoms with Crippen molar-refractivity contribution in [3.63, 3.8) is 0 Å². The van der Waals surface area contributed by atoms with Gasteiger partial charge in [-0.05, 0) is 32.8 Å². The number of nitrogens with zero attached hydrogens (tertiary/aromatic N) is 2. The third-order valence-corrected chi connectivity index (χ3v) is 3.52. The van der Waals surface area contributed by atoms with E-state index in [4.69, 9.17) is 4.74 Å². The van der Waals surface area contributed by atoms with Crippen molar-refractivity contribution in [1.29, 1.82) is 0 Å². The first-order valence-electron chi connectivity index (χ1n) is 6.73. The molecule has 1 aliphatic rings. The van der Waals surface area contributed by atoms with Gasteiger partial charge >= 0.3 is 5.97 Å². The molecule has 6 nitrogen and oxygen atoms in total. The molecule has 2 rings (SSSR count). The van der Waals surface area contributed by atoms with E-state index in [1.54, 1.807) is 36.9 Å². The van der Waals surface area contributed by atoms with Crippen molar-refractivity contribution in [2.45, 2.75) is 32.7 Å². The lowest BCUT2D eigenvalue weighted by molar-refractivity contribution is -0.384. The summed E-state index contributed by atoms with van der Waals surface area (Å²) in [5.74, 6) is -0.305. The lowest BCUT2D eigenvalue weighted by atomic mass is 10.1. The number of rotatable bonds is 4. The molecule has 0 N–H and O–H groups in total. The molecular weight excluding hydrogens is 260 g/mol. The Bertz CT molecular complexity index is 530. The van der Waals surface area contributed by atoms with Crippen LogP contribution in [0.15, 0.2) is 18.2 Å². The molecule has 1 fully saturated rings. The van der Waals surface area contributed by atoms with Gasteiger partial charge in [0.15, 0.2) is 0 Å². The average molecular weight is 278 g/mol. The summed E-state index contributed by atoms with van der Waals surface area (Å²) in [5, 5.41) is 11.3. The average Bonchev–Trinajstić information content (AvgIpc) is 2.87. The van der Waals surface area contributed by atoms with E-state index in [0.717, 1.165) is 6.42 Å². The minimum Gasteiger partial charge on any atom is -0.464 e. The number of anilines is 1. The van der Waals surface area contributed by atoms with E-state index in [2.05, 4.69) is 0 Å². The van der Waals surface area contributed by atoms with Crippen molar-refractivity contribution >= 4 is 17.3 Å². The van der Waals surface area contributed by atoms with Crippen LogP contribution in [0.4, 0.5) is 11.4 Å². The van der Waals surface area contributed by atoms with Gasteiger partial charge in [0.2, 0.25) is 0 Å². The Morgan fingerprint density at radius 1 is 1.55 bits per heavy atom. The minimum absolute atomic E-state index is 0.0729. The standard InChI is InChI=1S/C14H18N2O4/c1-3-20-14(17)12-8-5-9-15(12)11-7-4-6-10(2)13(11)16(18)19/h4,6-7,12H,3,5,8-9H2,1-2H3. The zero-order valence-corrected chi connectivity index (χ0v) is 11.7. The molecule has 0 saturated carbocycles. The number of nitro benzene ring substituents is 1. The van der Waals surface area contributed by atoms with E-state index in [-0.39, 0.29) is 16.6 Å². The van der Waals surface area contributed by atoms with Gasteiger partial charge in [-0.25, -0.2) is 4.79 Å². The molecule has 1 atom stereocenters. The number of ether oxygens (including phenoxy) is 1. The van der Waals surface area contributed by atoms with Crippen molar-refractivity contribution in [3.05, 3.63) is 33.9 Å². The van der Waals surface area contributed by atoms with Crippen LogP contribution in [-0.4, -0.2) is 30.1 Å². The molecule has 108 valence electrons. The smallest absolute Gasteiger partial charge is 0.328 e. The Morgan fingerprint density at radius 2 is 2.30 bits per heavy atom. The monoisotopic (exact) mass is 278 g/mol. The van der Waals surface area contributed by atoms with Crippen molar-refractivity contribution in [1.82, 2.24) is 0 Å². The fourth-order valence-electron chi connectivity index (χ4n) is 2.65. The molecule has 20 heavy (non-hydrogen) atoms. The highest BCUT2D eigenvalue weighted by Gasteiger charge is 2.35. The second-order valence-electron chi connectivity index (χ2n) is 4.80. The summed E-state index contributed by atoms with van der Waals surface area (Å²) in [5.41, 5.74) is 1.18. The van der Waals surface area contributed by atoms with E-state index in [0.29, 0.717) is 30.8 Å². The molecular formula is C14H18N2O4. The summed E-state index contributed by atoms with van der Waals surface area (Å²) in [7, 11) is 0. The third kappa shape index (κ3) is 2.59. The Morgan fingerprint density at radius 3 is 2.95 bits per heavy atom. The predicted molar refractivity (Wildman–Crippen MR) is 74.8 cm³/mol. The SMILES string of the molecule is CCOC(=O)C1CCCN1c1cccc(C)c1[N+](=O)[O-]. The molecule has 0 aromatic heterocycles. The van der Waals surface area contributed by atoms with Gasteiger partial charge < -0.3 is 9.64 Å². The highest BCUT2D eigenvalue weighted by Crippen LogP contribution is 2.35. The molecule has 0 aliphatic carbocycles. The first-order chi connectivity index (χ1) is 9.56. The van der Waals surface area contributed by atoms with Crippen LogP contribution in [0, 0.1) is 17.0 Å². The van der Waals surface area contributed by atoms with Crippen LogP contribution in [0.2, 0.25) is 0 Å². The maximum atomic E-state index is 12.0. The molecule has 0 bridgehead atoms. The first kappa shape index (κ1) is 14.3. The molecule has 0 radical (unpaired) electrons. The van der Waals surface area contributed by atoms with Crippen molar-refractivity contribution in [2.24, 2.45) is 0 Å². The van der Waals surface area contributed by atoms with Crippen molar-refractivity contribution in [3.8, 4) is 0 Å². The Kier molecular flexibility index (Phi) is 4.22. The van der Waals surface area contributed by atoms with E-state index in [9.17, 15) is 14.9 Å². The fourth-order valence-corrected chi connectivity index (χ4v) is 2.65. The van der Waals surface area contributed by atoms with Gasteiger partial charge in [0.05, 0.1) is 11.5 Å². The molecule has 1 saturated heterocycles. The predicted octanol–water partition coefficient (Wildman–Crippen LogP) is 2.44. The van der Waals surface area contributed by atoms with Crippen LogP contribution in [-0.2, 0) is 9.53 Å². The van der Waals surface area contributed by atoms with Gasteiger partial charge in [0.25, 0.3) is 5.69 Å². The normalized spacial score (nSPS) is 18.1. The molecule has 1 aliphatic heterocycles. The van der Waals surface area contributed by atoms with Gasteiger partial charge in [-0.3, -0.25) is 10.1 Å². The third-order valence-electron chi connectivity index (χ3n) is 3.52. The number of aryl methyl sites for hydroxylation is 1. The Balaban J connectivity index is 2.38. The van der Waals surface area contributed by atoms with Crippen molar-refractivity contribution in [2.75, 3.05) is 18.1 Å². The maximum Gasteiger partial charge on any atom is 0.328 e. The van der Waals surface area contributed by atoms with Crippen LogP contribution in [0.3, 0.4) is 0 Å².